The van der Waals surface area contributed by atoms with Crippen LogP contribution in [-0.4, -0.2) is 33.2 Å². The van der Waals surface area contributed by atoms with Crippen molar-refractivity contribution in [1.29, 1.82) is 0 Å². The van der Waals surface area contributed by atoms with E-state index in [1.807, 2.05) is 18.2 Å². The van der Waals surface area contributed by atoms with E-state index in [0.29, 0.717) is 0 Å². The van der Waals surface area contributed by atoms with Gasteiger partial charge in [0.15, 0.2) is 5.13 Å². The van der Waals surface area contributed by atoms with Crippen molar-refractivity contribution in [2.45, 2.75) is 13.0 Å². The first kappa shape index (κ1) is 18.1. The first-order chi connectivity index (χ1) is 12.0. The maximum absolute atomic E-state index is 11.7. The highest BCUT2D eigenvalue weighted by Crippen LogP contribution is 2.22. The van der Waals surface area contributed by atoms with Crippen molar-refractivity contribution < 1.29 is 29.3 Å². The van der Waals surface area contributed by atoms with Gasteiger partial charge < -0.3 is 14.9 Å². The fourth-order valence-electron chi connectivity index (χ4n) is 1.79. The second-order valence-electron chi connectivity index (χ2n) is 4.75. The predicted octanol–water partition coefficient (Wildman–Crippen LogP) is 2.83. The second-order valence-corrected chi connectivity index (χ2v) is 5.60. The smallest absolute Gasteiger partial charge is 0.413 e. The Morgan fingerprint density at radius 2 is 1.92 bits per heavy atom. The van der Waals surface area contributed by atoms with Crippen LogP contribution in [0, 0.1) is 0 Å². The number of hydrogen-bond donors (Lipinski definition) is 3. The predicted molar refractivity (Wildman–Crippen MR) is 90.2 cm³/mol. The van der Waals surface area contributed by atoms with Gasteiger partial charge in [0, 0.05) is 5.38 Å². The lowest BCUT2D eigenvalue weighted by Gasteiger charge is -2.04. The van der Waals surface area contributed by atoms with E-state index in [1.54, 1.807) is 12.1 Å². The van der Waals surface area contributed by atoms with Crippen LogP contribution >= 0.6 is 11.3 Å². The number of rotatable bonds is 7. The van der Waals surface area contributed by atoms with Gasteiger partial charge in [-0.2, -0.15) is 0 Å². The molecule has 0 aliphatic rings. The molecule has 0 saturated heterocycles. The highest BCUT2D eigenvalue weighted by Gasteiger charge is 2.16. The van der Waals surface area contributed by atoms with E-state index in [2.05, 4.69) is 10.3 Å². The average molecular weight is 362 g/mol. The topological polar surface area (TPSA) is 126 Å². The molecule has 1 amide bonds. The van der Waals surface area contributed by atoms with Crippen molar-refractivity contribution in [3.63, 3.8) is 0 Å². The molecule has 0 radical (unpaired) electrons. The number of benzene rings is 1. The van der Waals surface area contributed by atoms with Crippen molar-refractivity contribution in [3.05, 3.63) is 53.0 Å². The molecule has 0 unspecified atom stereocenters. The molecule has 130 valence electrons. The molecule has 9 heteroatoms. The van der Waals surface area contributed by atoms with Crippen LogP contribution in [-0.2, 0) is 20.9 Å². The van der Waals surface area contributed by atoms with Crippen LogP contribution in [0.15, 0.2) is 41.8 Å². The zero-order valence-corrected chi connectivity index (χ0v) is 13.7. The minimum atomic E-state index is -1.30. The van der Waals surface area contributed by atoms with E-state index in [-0.39, 0.29) is 23.0 Å². The van der Waals surface area contributed by atoms with Gasteiger partial charge >= 0.3 is 18.0 Å². The zero-order valence-electron chi connectivity index (χ0n) is 12.8. The van der Waals surface area contributed by atoms with Crippen molar-refractivity contribution in [3.8, 4) is 0 Å². The summed E-state index contributed by atoms with van der Waals surface area (Å²) in [5.74, 6) is -2.46. The quantitative estimate of drug-likeness (QED) is 0.647. The second kappa shape index (κ2) is 8.60. The van der Waals surface area contributed by atoms with E-state index in [9.17, 15) is 14.4 Å². The van der Waals surface area contributed by atoms with Gasteiger partial charge in [0.1, 0.15) is 6.61 Å². The molecule has 0 aliphatic heterocycles. The molecule has 0 bridgehead atoms. The molecule has 0 atom stereocenters. The number of nitrogens with zero attached hydrogens (tertiary/aromatic N) is 1. The van der Waals surface area contributed by atoms with Crippen molar-refractivity contribution in [1.82, 2.24) is 4.98 Å². The monoisotopic (exact) mass is 362 g/mol. The number of thiazole rings is 1. The van der Waals surface area contributed by atoms with Crippen LogP contribution in [0.4, 0.5) is 9.93 Å². The summed E-state index contributed by atoms with van der Waals surface area (Å²) in [7, 11) is 0. The molecular weight excluding hydrogens is 348 g/mol. The third-order valence-corrected chi connectivity index (χ3v) is 3.67. The molecule has 0 fully saturated rings. The Balaban J connectivity index is 1.97. The average Bonchev–Trinajstić information content (AvgIpc) is 3.01. The number of ether oxygens (including phenoxy) is 1. The fraction of sp³-hybridized carbons (Fsp3) is 0.125. The number of hydrogen-bond acceptors (Lipinski definition) is 6. The highest BCUT2D eigenvalue weighted by atomic mass is 32.1. The number of amides is 1. The lowest BCUT2D eigenvalue weighted by molar-refractivity contribution is -0.136. The molecule has 2 aromatic rings. The van der Waals surface area contributed by atoms with Gasteiger partial charge in [-0.25, -0.2) is 14.6 Å². The fourth-order valence-corrected chi connectivity index (χ4v) is 2.49. The molecule has 0 aliphatic carbocycles. The normalized spacial score (nSPS) is 11.0. The van der Waals surface area contributed by atoms with Crippen molar-refractivity contribution >= 4 is 40.1 Å². The van der Waals surface area contributed by atoms with Crippen LogP contribution < -0.4 is 5.32 Å². The van der Waals surface area contributed by atoms with Gasteiger partial charge in [-0.15, -0.1) is 11.3 Å². The summed E-state index contributed by atoms with van der Waals surface area (Å²) in [6.45, 7) is 0.0871. The first-order valence-corrected chi connectivity index (χ1v) is 7.92. The van der Waals surface area contributed by atoms with Crippen LogP contribution in [0.1, 0.15) is 17.7 Å². The Bertz CT molecular complexity index is 800. The SMILES string of the molecule is O=C(O)CC=C(C(=O)O)c1csc(NC(=O)OCc2ccccc2)n1. The van der Waals surface area contributed by atoms with Gasteiger partial charge in [-0.3, -0.25) is 10.1 Å². The van der Waals surface area contributed by atoms with Gasteiger partial charge in [0.25, 0.3) is 0 Å². The van der Waals surface area contributed by atoms with Crippen LogP contribution in [0.3, 0.4) is 0 Å². The number of anilines is 1. The summed E-state index contributed by atoms with van der Waals surface area (Å²) in [4.78, 5) is 37.5. The molecule has 0 saturated carbocycles. The molecule has 2 rings (SSSR count). The summed E-state index contributed by atoms with van der Waals surface area (Å²) in [5, 5.41) is 21.7. The number of nitrogens with one attached hydrogen (secondary N) is 1. The number of carboxylic acid groups (broad SMARTS) is 2. The van der Waals surface area contributed by atoms with E-state index >= 15 is 0 Å². The third-order valence-electron chi connectivity index (χ3n) is 2.91. The van der Waals surface area contributed by atoms with Crippen LogP contribution in [0.25, 0.3) is 5.57 Å². The highest BCUT2D eigenvalue weighted by molar-refractivity contribution is 7.14. The third kappa shape index (κ3) is 5.74. The Kier molecular flexibility index (Phi) is 6.24. The Labute approximate surface area is 146 Å². The van der Waals surface area contributed by atoms with Gasteiger partial charge in [-0.1, -0.05) is 36.4 Å². The Morgan fingerprint density at radius 1 is 1.20 bits per heavy atom. The summed E-state index contributed by atoms with van der Waals surface area (Å²) in [5.41, 5.74) is 0.642. The zero-order chi connectivity index (χ0) is 18.2. The maximum atomic E-state index is 11.7. The molecular formula is C16H14N2O6S. The largest absolute Gasteiger partial charge is 0.481 e. The molecule has 8 nitrogen and oxygen atoms in total. The van der Waals surface area contributed by atoms with Crippen LogP contribution in [0.5, 0.6) is 0 Å². The molecule has 0 spiro atoms. The lowest BCUT2D eigenvalue weighted by atomic mass is 10.2. The summed E-state index contributed by atoms with van der Waals surface area (Å²) in [6.07, 6.45) is -0.116. The molecule has 3 N–H and O–H groups in total. The van der Waals surface area contributed by atoms with Gasteiger partial charge in [0.2, 0.25) is 0 Å². The minimum Gasteiger partial charge on any atom is -0.481 e. The van der Waals surface area contributed by atoms with E-state index in [4.69, 9.17) is 14.9 Å². The van der Waals surface area contributed by atoms with Crippen molar-refractivity contribution in [2.24, 2.45) is 0 Å². The number of carboxylic acids is 2. The Hall–Kier alpha value is -3.20. The molecule has 1 aromatic heterocycles. The number of aromatic nitrogens is 1. The Morgan fingerprint density at radius 3 is 2.56 bits per heavy atom. The lowest BCUT2D eigenvalue weighted by Crippen LogP contribution is -2.13. The van der Waals surface area contributed by atoms with Gasteiger partial charge in [-0.05, 0) is 5.56 Å². The minimum absolute atomic E-state index is 0.0668. The molecule has 25 heavy (non-hydrogen) atoms. The number of aliphatic carboxylic acids is 2. The number of carbonyl (C=O) groups is 3. The first-order valence-electron chi connectivity index (χ1n) is 7.04. The molecule has 1 aromatic carbocycles. The van der Waals surface area contributed by atoms with Crippen LogP contribution in [0.2, 0.25) is 0 Å². The van der Waals surface area contributed by atoms with E-state index < -0.39 is 24.5 Å². The van der Waals surface area contributed by atoms with Gasteiger partial charge in [0.05, 0.1) is 17.7 Å². The standard InChI is InChI=1S/C16H14N2O6S/c19-13(20)7-6-11(14(21)22)12-9-25-15(17-12)18-16(23)24-8-10-4-2-1-3-5-10/h1-6,9H,7-8H2,(H,19,20)(H,21,22)(H,17,18,23). The van der Waals surface area contributed by atoms with Crippen molar-refractivity contribution in [2.75, 3.05) is 5.32 Å². The van der Waals surface area contributed by atoms with E-state index in [1.165, 1.54) is 5.38 Å². The number of carbonyl (C=O) groups excluding carboxylic acids is 1. The summed E-state index contributed by atoms with van der Waals surface area (Å²) in [6, 6.07) is 9.10. The maximum Gasteiger partial charge on any atom is 0.413 e. The summed E-state index contributed by atoms with van der Waals surface area (Å²) >= 11 is 1.00. The van der Waals surface area contributed by atoms with E-state index in [0.717, 1.165) is 23.0 Å². The molecule has 1 heterocycles. The summed E-state index contributed by atoms with van der Waals surface area (Å²) < 4.78 is 5.04.